The number of carbonyl (C=O) groups is 1. The number of fused-ring (bicyclic) bond motifs is 3. The molecule has 3 aromatic rings. The summed E-state index contributed by atoms with van der Waals surface area (Å²) in [5.41, 5.74) is 0.533. The molecule has 6 saturated carbocycles. The molecule has 7 nitrogen and oxygen atoms in total. The molecule has 10 heteroatoms. The average Bonchev–Trinajstić information content (AvgIpc) is 3.48. The van der Waals surface area contributed by atoms with Crippen molar-refractivity contribution < 1.29 is 27.2 Å². The molecule has 0 spiro atoms. The number of amides is 1. The third-order valence-corrected chi connectivity index (χ3v) is 10.8. The van der Waals surface area contributed by atoms with Crippen molar-refractivity contribution in [1.29, 1.82) is 0 Å². The van der Waals surface area contributed by atoms with Crippen molar-refractivity contribution in [3.8, 4) is 17.0 Å². The summed E-state index contributed by atoms with van der Waals surface area (Å²) in [5, 5.41) is 4.30. The summed E-state index contributed by atoms with van der Waals surface area (Å²) in [7, 11) is 0. The largest absolute Gasteiger partial charge is 0.433 e. The Kier molecular flexibility index (Phi) is 6.68. The van der Waals surface area contributed by atoms with Gasteiger partial charge in [0.2, 0.25) is 11.8 Å². The molecular formula is C34H39F3N4O3. The number of ether oxygens (including phenoxy) is 1. The van der Waals surface area contributed by atoms with Gasteiger partial charge in [-0.3, -0.25) is 9.78 Å². The molecular weight excluding hydrogens is 569 g/mol. The van der Waals surface area contributed by atoms with Crippen LogP contribution in [0.4, 0.5) is 18.9 Å². The summed E-state index contributed by atoms with van der Waals surface area (Å²) in [4.78, 5) is 25.1. The van der Waals surface area contributed by atoms with Crippen LogP contribution in [0.2, 0.25) is 0 Å². The highest BCUT2D eigenvalue weighted by molar-refractivity contribution is 5.95. The maximum atomic E-state index is 14.4. The van der Waals surface area contributed by atoms with Crippen LogP contribution in [0.15, 0.2) is 47.1 Å². The number of anilines is 1. The number of halogens is 3. The predicted molar refractivity (Wildman–Crippen MR) is 158 cm³/mol. The Morgan fingerprint density at radius 3 is 2.30 bits per heavy atom. The van der Waals surface area contributed by atoms with Crippen molar-refractivity contribution in [2.24, 2.45) is 10.8 Å². The second kappa shape index (κ2) is 10.0. The number of rotatable bonds is 9. The molecule has 6 fully saturated rings. The minimum absolute atomic E-state index is 0.0131. The molecule has 234 valence electrons. The van der Waals surface area contributed by atoms with Gasteiger partial charge in [0, 0.05) is 35.0 Å². The third-order valence-electron chi connectivity index (χ3n) is 10.8. The van der Waals surface area contributed by atoms with Crippen LogP contribution in [0, 0.1) is 10.8 Å². The highest BCUT2D eigenvalue weighted by Gasteiger charge is 2.69. The number of nitrogens with zero attached hydrogens (tertiary/aromatic N) is 4. The van der Waals surface area contributed by atoms with E-state index in [1.54, 1.807) is 6.07 Å². The second-order valence-corrected chi connectivity index (χ2v) is 15.1. The lowest BCUT2D eigenvalue weighted by Gasteiger charge is -2.66. The summed E-state index contributed by atoms with van der Waals surface area (Å²) < 4.78 is 49.9. The second-order valence-electron chi connectivity index (χ2n) is 15.1. The van der Waals surface area contributed by atoms with E-state index in [-0.39, 0.29) is 33.3 Å². The van der Waals surface area contributed by atoms with Gasteiger partial charge >= 0.3 is 6.61 Å². The number of benzene rings is 1. The van der Waals surface area contributed by atoms with Gasteiger partial charge in [0.05, 0.1) is 11.9 Å². The lowest BCUT2D eigenvalue weighted by molar-refractivity contribution is -0.215. The van der Waals surface area contributed by atoms with E-state index in [0.717, 1.165) is 61.5 Å². The fourth-order valence-electron chi connectivity index (χ4n) is 8.25. The Morgan fingerprint density at radius 1 is 1.02 bits per heavy atom. The molecule has 0 N–H and O–H groups in total. The van der Waals surface area contributed by atoms with Crippen molar-refractivity contribution in [3.63, 3.8) is 0 Å². The van der Waals surface area contributed by atoms with Crippen molar-refractivity contribution in [2.45, 2.75) is 108 Å². The van der Waals surface area contributed by atoms with Crippen LogP contribution >= 0.6 is 0 Å². The van der Waals surface area contributed by atoms with Gasteiger partial charge in [-0.15, -0.1) is 0 Å². The van der Waals surface area contributed by atoms with Gasteiger partial charge in [0.1, 0.15) is 11.4 Å². The molecule has 0 unspecified atom stereocenters. The lowest BCUT2D eigenvalue weighted by atomic mass is 9.41. The first-order chi connectivity index (χ1) is 20.8. The zero-order valence-electron chi connectivity index (χ0n) is 25.5. The van der Waals surface area contributed by atoms with Crippen molar-refractivity contribution in [2.75, 3.05) is 11.4 Å². The molecule has 1 amide bonds. The first-order valence-electron chi connectivity index (χ1n) is 15.6. The van der Waals surface area contributed by atoms with Gasteiger partial charge in [0.15, 0.2) is 5.82 Å². The molecule has 44 heavy (non-hydrogen) atoms. The summed E-state index contributed by atoms with van der Waals surface area (Å²) in [6.07, 6.45) is 8.72. The van der Waals surface area contributed by atoms with E-state index in [0.29, 0.717) is 37.9 Å². The van der Waals surface area contributed by atoms with E-state index in [4.69, 9.17) is 9.51 Å². The zero-order valence-corrected chi connectivity index (χ0v) is 25.5. The summed E-state index contributed by atoms with van der Waals surface area (Å²) >= 11 is 0. The zero-order chi connectivity index (χ0) is 31.0. The van der Waals surface area contributed by atoms with Crippen LogP contribution < -0.4 is 9.64 Å². The fourth-order valence-corrected chi connectivity index (χ4v) is 8.25. The number of aromatic nitrogens is 3. The lowest BCUT2D eigenvalue weighted by Crippen LogP contribution is -2.65. The smallest absolute Gasteiger partial charge is 0.387 e. The molecule has 0 aliphatic heterocycles. The molecule has 4 bridgehead atoms. The highest BCUT2D eigenvalue weighted by Crippen LogP contribution is 2.71. The number of alkyl halides is 3. The molecule has 0 atom stereocenters. The van der Waals surface area contributed by atoms with Crippen molar-refractivity contribution >= 4 is 11.6 Å². The number of hydrogen-bond acceptors (Lipinski definition) is 6. The molecule has 9 rings (SSSR count). The third kappa shape index (κ3) is 5.17. The highest BCUT2D eigenvalue weighted by atomic mass is 19.3. The molecule has 2 heterocycles. The van der Waals surface area contributed by atoms with Crippen LogP contribution in [0.1, 0.15) is 96.7 Å². The van der Waals surface area contributed by atoms with Crippen LogP contribution in [0.3, 0.4) is 0 Å². The van der Waals surface area contributed by atoms with E-state index < -0.39 is 12.3 Å². The minimum atomic E-state index is -2.92. The Labute approximate surface area is 255 Å². The molecule has 2 aromatic heterocycles. The van der Waals surface area contributed by atoms with Crippen LogP contribution in [-0.2, 0) is 15.6 Å². The summed E-state index contributed by atoms with van der Waals surface area (Å²) in [6.45, 7) is 3.92. The normalized spacial score (nSPS) is 30.5. The minimum Gasteiger partial charge on any atom is -0.433 e. The van der Waals surface area contributed by atoms with Crippen LogP contribution in [0.5, 0.6) is 5.75 Å². The van der Waals surface area contributed by atoms with Crippen LogP contribution in [0.25, 0.3) is 11.3 Å². The molecule has 0 saturated heterocycles. The summed E-state index contributed by atoms with van der Waals surface area (Å²) in [6, 6.07) is 10.7. The average molecular weight is 609 g/mol. The molecule has 6 aliphatic rings. The number of hydrogen-bond donors (Lipinski definition) is 0. The van der Waals surface area contributed by atoms with Gasteiger partial charge in [0.25, 0.3) is 0 Å². The van der Waals surface area contributed by atoms with Crippen molar-refractivity contribution in [1.82, 2.24) is 15.1 Å². The fraction of sp³-hybridized carbons (Fsp3) is 0.588. The van der Waals surface area contributed by atoms with E-state index >= 15 is 0 Å². The Bertz CT molecular complexity index is 1520. The van der Waals surface area contributed by atoms with Crippen LogP contribution in [-0.4, -0.2) is 39.9 Å². The van der Waals surface area contributed by atoms with E-state index in [9.17, 15) is 18.0 Å². The predicted octanol–water partition coefficient (Wildman–Crippen LogP) is 7.94. The Morgan fingerprint density at radius 2 is 1.73 bits per heavy atom. The van der Waals surface area contributed by atoms with E-state index in [1.807, 2.05) is 29.2 Å². The Balaban J connectivity index is 1.13. The van der Waals surface area contributed by atoms with E-state index in [1.165, 1.54) is 12.3 Å². The maximum absolute atomic E-state index is 14.4. The standard InChI is InChI=1S/C34H39F3N4O3/c1-30(2,3)27-39-28(44-40-27)33-12-9-31(10-13-33,11-14-33)21-41(26(42)16-32-18-34(37,19-32)20-32)23-6-4-5-22(15-23)25-8-7-24(17-38-25)43-29(35)36/h4-8,15,17,29H,9-14,16,18-21H2,1-3H3. The quantitative estimate of drug-likeness (QED) is 0.245. The topological polar surface area (TPSA) is 81.4 Å². The van der Waals surface area contributed by atoms with Gasteiger partial charge in [-0.05, 0) is 92.9 Å². The monoisotopic (exact) mass is 608 g/mol. The molecule has 6 aliphatic carbocycles. The van der Waals surface area contributed by atoms with Gasteiger partial charge in [-0.1, -0.05) is 38.1 Å². The van der Waals surface area contributed by atoms with Gasteiger partial charge in [-0.2, -0.15) is 13.8 Å². The first kappa shape index (κ1) is 29.3. The van der Waals surface area contributed by atoms with E-state index in [2.05, 4.69) is 35.6 Å². The van der Waals surface area contributed by atoms with Crippen molar-refractivity contribution in [3.05, 3.63) is 54.3 Å². The first-order valence-corrected chi connectivity index (χ1v) is 15.6. The van der Waals surface area contributed by atoms with Gasteiger partial charge < -0.3 is 14.2 Å². The number of pyridine rings is 1. The molecule has 1 aromatic carbocycles. The maximum Gasteiger partial charge on any atom is 0.387 e. The number of carbonyl (C=O) groups excluding carboxylic acids is 1. The Hall–Kier alpha value is -3.43. The summed E-state index contributed by atoms with van der Waals surface area (Å²) in [5.74, 6) is 1.50. The SMILES string of the molecule is CC(C)(C)c1noc(C23CCC(CN(C(=O)CC45CC(F)(C4)C5)c4cccc(-c5ccc(OC(F)F)cn5)c4)(CC2)CC3)n1. The van der Waals surface area contributed by atoms with Gasteiger partial charge in [-0.25, -0.2) is 4.39 Å². The molecule has 0 radical (unpaired) electrons.